The van der Waals surface area contributed by atoms with E-state index in [4.69, 9.17) is 16.0 Å². The van der Waals surface area contributed by atoms with Crippen LogP contribution in [0.15, 0.2) is 64.7 Å². The van der Waals surface area contributed by atoms with Crippen LogP contribution in [0.2, 0.25) is 5.02 Å². The zero-order valence-corrected chi connectivity index (χ0v) is 22.7. The van der Waals surface area contributed by atoms with E-state index in [1.54, 1.807) is 24.3 Å². The molecule has 1 aromatic heterocycles. The minimum atomic E-state index is -4.55. The molecular weight excluding hydrogens is 531 g/mol. The van der Waals surface area contributed by atoms with Gasteiger partial charge in [0.05, 0.1) is 10.6 Å². The first-order valence-electron chi connectivity index (χ1n) is 12.6. The van der Waals surface area contributed by atoms with Crippen molar-refractivity contribution >= 4 is 29.5 Å². The van der Waals surface area contributed by atoms with Gasteiger partial charge in [0.1, 0.15) is 17.2 Å². The molecule has 2 amide bonds. The zero-order chi connectivity index (χ0) is 28.6. The second-order valence-corrected chi connectivity index (χ2v) is 9.32. The molecule has 3 rings (SSSR count). The first-order valence-corrected chi connectivity index (χ1v) is 13.0. The summed E-state index contributed by atoms with van der Waals surface area (Å²) < 4.78 is 45.3. The van der Waals surface area contributed by atoms with Crippen LogP contribution in [0, 0.1) is 6.92 Å². The SMILES string of the molecule is CCN(CC)CCCNC(=O)/C(=C\c1ccc(-c2cc(C(F)(F)F)ccc2Cl)o1)NC(=O)c1ccc(C)cc1. The van der Waals surface area contributed by atoms with E-state index in [0.717, 1.165) is 43.4 Å². The van der Waals surface area contributed by atoms with Gasteiger partial charge in [0.2, 0.25) is 0 Å². The number of aryl methyl sites for hydroxylation is 1. The minimum absolute atomic E-state index is 0.0530. The third-order valence-corrected chi connectivity index (χ3v) is 6.44. The van der Waals surface area contributed by atoms with Gasteiger partial charge < -0.3 is 20.0 Å². The molecule has 0 aliphatic rings. The number of carbonyl (C=O) groups is 2. The van der Waals surface area contributed by atoms with Crippen molar-refractivity contribution in [2.75, 3.05) is 26.2 Å². The number of halogens is 4. The van der Waals surface area contributed by atoms with Crippen molar-refractivity contribution in [1.29, 1.82) is 0 Å². The highest BCUT2D eigenvalue weighted by Gasteiger charge is 2.31. The maximum absolute atomic E-state index is 13.2. The number of hydrogen-bond donors (Lipinski definition) is 2. The molecule has 0 unspecified atom stereocenters. The molecule has 0 saturated heterocycles. The Bertz CT molecular complexity index is 1310. The summed E-state index contributed by atoms with van der Waals surface area (Å²) in [5.41, 5.74) is 0.448. The van der Waals surface area contributed by atoms with E-state index in [9.17, 15) is 22.8 Å². The third kappa shape index (κ3) is 8.46. The molecule has 2 N–H and O–H groups in total. The highest BCUT2D eigenvalue weighted by atomic mass is 35.5. The molecule has 0 aliphatic heterocycles. The van der Waals surface area contributed by atoms with Gasteiger partial charge in [-0.1, -0.05) is 43.1 Å². The Morgan fingerprint density at radius 2 is 1.72 bits per heavy atom. The standard InChI is InChI=1S/C29H31ClF3N3O3/c1-4-36(5-2)16-6-15-34-28(38)25(35-27(37)20-9-7-19(3)8-10-20)18-22-12-14-26(39-22)23-17-21(29(31,32)33)11-13-24(23)30/h7-14,17-18H,4-6,15-16H2,1-3H3,(H,34,38)(H,35,37)/b25-18+. The monoisotopic (exact) mass is 561 g/mol. The van der Waals surface area contributed by atoms with Crippen molar-refractivity contribution in [2.24, 2.45) is 0 Å². The van der Waals surface area contributed by atoms with Gasteiger partial charge in [-0.05, 0) is 75.4 Å². The highest BCUT2D eigenvalue weighted by Crippen LogP contribution is 2.36. The molecule has 0 fully saturated rings. The van der Waals surface area contributed by atoms with E-state index in [0.29, 0.717) is 18.5 Å². The molecule has 0 bridgehead atoms. The molecule has 3 aromatic rings. The number of nitrogens with one attached hydrogen (secondary N) is 2. The fraction of sp³-hybridized carbons (Fsp3) is 0.310. The first-order chi connectivity index (χ1) is 18.5. The van der Waals surface area contributed by atoms with Crippen LogP contribution in [-0.2, 0) is 11.0 Å². The van der Waals surface area contributed by atoms with Crippen LogP contribution >= 0.6 is 11.6 Å². The van der Waals surface area contributed by atoms with Crippen molar-refractivity contribution in [3.8, 4) is 11.3 Å². The van der Waals surface area contributed by atoms with Crippen LogP contribution < -0.4 is 10.6 Å². The average Bonchev–Trinajstić information content (AvgIpc) is 3.36. The number of benzene rings is 2. The molecule has 0 atom stereocenters. The molecule has 0 saturated carbocycles. The van der Waals surface area contributed by atoms with Crippen molar-refractivity contribution in [3.05, 3.63) is 87.8 Å². The summed E-state index contributed by atoms with van der Waals surface area (Å²) in [5.74, 6) is -0.783. The molecule has 208 valence electrons. The fourth-order valence-corrected chi connectivity index (χ4v) is 4.02. The summed E-state index contributed by atoms with van der Waals surface area (Å²) in [6.45, 7) is 9.01. The van der Waals surface area contributed by atoms with Gasteiger partial charge in [0.15, 0.2) is 0 Å². The third-order valence-electron chi connectivity index (χ3n) is 6.11. The summed E-state index contributed by atoms with van der Waals surface area (Å²) in [6.07, 6.45) is -2.51. The molecular formula is C29H31ClF3N3O3. The van der Waals surface area contributed by atoms with Gasteiger partial charge in [-0.2, -0.15) is 13.2 Å². The molecule has 6 nitrogen and oxygen atoms in total. The average molecular weight is 562 g/mol. The summed E-state index contributed by atoms with van der Waals surface area (Å²) >= 11 is 6.14. The topological polar surface area (TPSA) is 74.6 Å². The molecule has 0 radical (unpaired) electrons. The van der Waals surface area contributed by atoms with Gasteiger partial charge in [0.25, 0.3) is 11.8 Å². The number of nitrogens with zero attached hydrogens (tertiary/aromatic N) is 1. The van der Waals surface area contributed by atoms with Crippen LogP contribution in [0.25, 0.3) is 17.4 Å². The van der Waals surface area contributed by atoms with Crippen molar-refractivity contribution in [3.63, 3.8) is 0 Å². The Balaban J connectivity index is 1.85. The number of hydrogen-bond acceptors (Lipinski definition) is 4. The number of amides is 2. The summed E-state index contributed by atoms with van der Waals surface area (Å²) in [6, 6.07) is 12.7. The molecule has 0 aliphatic carbocycles. The summed E-state index contributed by atoms with van der Waals surface area (Å²) in [4.78, 5) is 28.1. The van der Waals surface area contributed by atoms with Gasteiger partial charge >= 0.3 is 6.18 Å². The van der Waals surface area contributed by atoms with E-state index in [2.05, 4.69) is 29.4 Å². The van der Waals surface area contributed by atoms with Gasteiger partial charge in [-0.25, -0.2) is 0 Å². The Morgan fingerprint density at radius 1 is 1.03 bits per heavy atom. The Morgan fingerprint density at radius 3 is 2.36 bits per heavy atom. The van der Waals surface area contributed by atoms with Crippen LogP contribution in [0.1, 0.15) is 47.5 Å². The molecule has 1 heterocycles. The van der Waals surface area contributed by atoms with Crippen LogP contribution in [0.3, 0.4) is 0 Å². The lowest BCUT2D eigenvalue weighted by Crippen LogP contribution is -2.36. The van der Waals surface area contributed by atoms with Crippen LogP contribution in [0.4, 0.5) is 13.2 Å². The maximum Gasteiger partial charge on any atom is 0.416 e. The van der Waals surface area contributed by atoms with Gasteiger partial charge in [0, 0.05) is 23.7 Å². The molecule has 39 heavy (non-hydrogen) atoms. The predicted molar refractivity (Wildman–Crippen MR) is 146 cm³/mol. The second-order valence-electron chi connectivity index (χ2n) is 8.91. The molecule has 10 heteroatoms. The van der Waals surface area contributed by atoms with Crippen molar-refractivity contribution in [2.45, 2.75) is 33.4 Å². The zero-order valence-electron chi connectivity index (χ0n) is 22.0. The van der Waals surface area contributed by atoms with Gasteiger partial charge in [-0.3, -0.25) is 9.59 Å². The maximum atomic E-state index is 13.2. The van der Waals surface area contributed by atoms with E-state index in [1.807, 2.05) is 6.92 Å². The summed E-state index contributed by atoms with van der Waals surface area (Å²) in [5, 5.41) is 5.51. The van der Waals surface area contributed by atoms with E-state index >= 15 is 0 Å². The van der Waals surface area contributed by atoms with E-state index in [1.165, 1.54) is 18.2 Å². The lowest BCUT2D eigenvalue weighted by atomic mass is 10.1. The number of rotatable bonds is 11. The van der Waals surface area contributed by atoms with Crippen molar-refractivity contribution < 1.29 is 27.2 Å². The second kappa shape index (κ2) is 13.5. The highest BCUT2D eigenvalue weighted by molar-refractivity contribution is 6.33. The van der Waals surface area contributed by atoms with Crippen LogP contribution in [0.5, 0.6) is 0 Å². The summed E-state index contributed by atoms with van der Waals surface area (Å²) in [7, 11) is 0. The Hall–Kier alpha value is -3.56. The van der Waals surface area contributed by atoms with Crippen LogP contribution in [-0.4, -0.2) is 42.9 Å². The Kier molecular flexibility index (Phi) is 10.4. The first kappa shape index (κ1) is 30.0. The Labute approximate surface area is 230 Å². The number of carbonyl (C=O) groups excluding carboxylic acids is 2. The smallest absolute Gasteiger partial charge is 0.416 e. The number of alkyl halides is 3. The quantitative estimate of drug-likeness (QED) is 0.206. The normalized spacial score (nSPS) is 12.1. The lowest BCUT2D eigenvalue weighted by molar-refractivity contribution is -0.137. The van der Waals surface area contributed by atoms with Crippen molar-refractivity contribution in [1.82, 2.24) is 15.5 Å². The van der Waals surface area contributed by atoms with E-state index in [-0.39, 0.29) is 27.8 Å². The molecule has 2 aromatic carbocycles. The minimum Gasteiger partial charge on any atom is -0.457 e. The van der Waals surface area contributed by atoms with E-state index < -0.39 is 23.6 Å². The van der Waals surface area contributed by atoms with Gasteiger partial charge in [-0.15, -0.1) is 0 Å². The fourth-order valence-electron chi connectivity index (χ4n) is 3.81. The largest absolute Gasteiger partial charge is 0.457 e. The lowest BCUT2D eigenvalue weighted by Gasteiger charge is -2.18. The molecule has 0 spiro atoms. The number of furan rings is 1. The predicted octanol–water partition coefficient (Wildman–Crippen LogP) is 6.55.